The van der Waals surface area contributed by atoms with Crippen LogP contribution in [0.15, 0.2) is 18.5 Å². The van der Waals surface area contributed by atoms with Crippen LogP contribution in [0.4, 0.5) is 0 Å². The van der Waals surface area contributed by atoms with Crippen LogP contribution in [0, 0.1) is 0 Å². The van der Waals surface area contributed by atoms with E-state index in [1.54, 1.807) is 11.0 Å². The van der Waals surface area contributed by atoms with Gasteiger partial charge in [-0.3, -0.25) is 9.78 Å². The van der Waals surface area contributed by atoms with Crippen LogP contribution in [-0.2, 0) is 0 Å². The second-order valence-corrected chi connectivity index (χ2v) is 4.66. The van der Waals surface area contributed by atoms with Gasteiger partial charge in [0, 0.05) is 19.3 Å². The molecule has 0 aliphatic rings. The lowest BCUT2D eigenvalue weighted by Crippen LogP contribution is -2.34. The summed E-state index contributed by atoms with van der Waals surface area (Å²) >= 11 is 0. The molecule has 0 radical (unpaired) electrons. The molecule has 1 heterocycles. The normalized spacial score (nSPS) is 10.8. The molecule has 0 saturated carbocycles. The van der Waals surface area contributed by atoms with E-state index in [9.17, 15) is 9.90 Å². The highest BCUT2D eigenvalue weighted by molar-refractivity contribution is 5.96. The van der Waals surface area contributed by atoms with E-state index < -0.39 is 0 Å². The molecule has 0 spiro atoms. The van der Waals surface area contributed by atoms with Crippen molar-refractivity contribution in [3.8, 4) is 5.75 Å². The van der Waals surface area contributed by atoms with Gasteiger partial charge in [-0.25, -0.2) is 0 Å². The molecular formula is C15H25N3O2. The van der Waals surface area contributed by atoms with Crippen LogP contribution in [0.3, 0.4) is 0 Å². The monoisotopic (exact) mass is 279 g/mol. The van der Waals surface area contributed by atoms with Crippen LogP contribution in [-0.4, -0.2) is 58.5 Å². The quantitative estimate of drug-likeness (QED) is 0.790. The highest BCUT2D eigenvalue weighted by atomic mass is 16.3. The first-order chi connectivity index (χ1) is 9.63. The molecule has 5 heteroatoms. The highest BCUT2D eigenvalue weighted by Gasteiger charge is 2.17. The molecule has 1 amide bonds. The minimum Gasteiger partial charge on any atom is -0.505 e. The highest BCUT2D eigenvalue weighted by Crippen LogP contribution is 2.16. The van der Waals surface area contributed by atoms with Crippen molar-refractivity contribution in [2.45, 2.75) is 27.2 Å². The lowest BCUT2D eigenvalue weighted by atomic mass is 10.2. The van der Waals surface area contributed by atoms with Crippen LogP contribution >= 0.6 is 0 Å². The molecule has 5 nitrogen and oxygen atoms in total. The summed E-state index contributed by atoms with van der Waals surface area (Å²) in [6, 6.07) is 1.56. The van der Waals surface area contributed by atoms with Gasteiger partial charge in [-0.15, -0.1) is 0 Å². The predicted molar refractivity (Wildman–Crippen MR) is 79.9 cm³/mol. The Hall–Kier alpha value is -1.62. The lowest BCUT2D eigenvalue weighted by Gasteiger charge is -2.23. The van der Waals surface area contributed by atoms with E-state index in [4.69, 9.17) is 0 Å². The number of amides is 1. The summed E-state index contributed by atoms with van der Waals surface area (Å²) in [5, 5.41) is 9.70. The zero-order valence-corrected chi connectivity index (χ0v) is 12.7. The molecule has 0 bridgehead atoms. The first-order valence-electron chi connectivity index (χ1n) is 7.28. The third-order valence-electron chi connectivity index (χ3n) is 3.50. The van der Waals surface area contributed by atoms with Crippen LogP contribution in [0.25, 0.3) is 0 Å². The third kappa shape index (κ3) is 4.49. The Labute approximate surface area is 121 Å². The Kier molecular flexibility index (Phi) is 7.01. The molecule has 0 atom stereocenters. The van der Waals surface area contributed by atoms with E-state index in [0.717, 1.165) is 26.1 Å². The van der Waals surface area contributed by atoms with Gasteiger partial charge in [0.2, 0.25) is 0 Å². The molecule has 0 aliphatic heterocycles. The van der Waals surface area contributed by atoms with E-state index in [0.29, 0.717) is 18.7 Å². The fourth-order valence-corrected chi connectivity index (χ4v) is 2.17. The first-order valence-corrected chi connectivity index (χ1v) is 7.28. The SMILES string of the molecule is CCN(CC)CCCN(CC)C(=O)c1ccncc1O. The minimum atomic E-state index is -0.132. The van der Waals surface area contributed by atoms with Crippen LogP contribution in [0.5, 0.6) is 5.75 Å². The smallest absolute Gasteiger partial charge is 0.257 e. The molecule has 1 N–H and O–H groups in total. The Bertz CT molecular complexity index is 419. The number of carbonyl (C=O) groups excluding carboxylic acids is 1. The van der Waals surface area contributed by atoms with Crippen molar-refractivity contribution in [3.63, 3.8) is 0 Å². The molecule has 0 saturated heterocycles. The summed E-state index contributed by atoms with van der Waals surface area (Å²) in [5.74, 6) is -0.188. The average molecular weight is 279 g/mol. The van der Waals surface area contributed by atoms with Gasteiger partial charge in [0.05, 0.1) is 11.8 Å². The van der Waals surface area contributed by atoms with E-state index in [-0.39, 0.29) is 11.7 Å². The fourth-order valence-electron chi connectivity index (χ4n) is 2.17. The van der Waals surface area contributed by atoms with Crippen LogP contribution < -0.4 is 0 Å². The molecule has 1 aromatic heterocycles. The number of hydrogen-bond acceptors (Lipinski definition) is 4. The largest absolute Gasteiger partial charge is 0.505 e. The summed E-state index contributed by atoms with van der Waals surface area (Å²) < 4.78 is 0. The lowest BCUT2D eigenvalue weighted by molar-refractivity contribution is 0.0754. The number of hydrogen-bond donors (Lipinski definition) is 1. The Balaban J connectivity index is 2.58. The van der Waals surface area contributed by atoms with Crippen molar-refractivity contribution in [2.75, 3.05) is 32.7 Å². The molecule has 1 rings (SSSR count). The van der Waals surface area contributed by atoms with Gasteiger partial charge in [-0.2, -0.15) is 0 Å². The molecule has 112 valence electrons. The Morgan fingerprint density at radius 3 is 2.45 bits per heavy atom. The molecule has 0 aromatic carbocycles. The zero-order valence-electron chi connectivity index (χ0n) is 12.7. The third-order valence-corrected chi connectivity index (χ3v) is 3.50. The number of aromatic nitrogens is 1. The summed E-state index contributed by atoms with van der Waals surface area (Å²) in [6.45, 7) is 10.6. The summed E-state index contributed by atoms with van der Waals surface area (Å²) in [6.07, 6.45) is 3.76. The number of rotatable bonds is 8. The van der Waals surface area contributed by atoms with Crippen molar-refractivity contribution >= 4 is 5.91 Å². The average Bonchev–Trinajstić information content (AvgIpc) is 2.47. The predicted octanol–water partition coefficient (Wildman–Crippen LogP) is 1.98. The standard InChI is InChI=1S/C15H25N3O2/c1-4-17(5-2)10-7-11-18(6-3)15(20)13-8-9-16-12-14(13)19/h8-9,12,19H,4-7,10-11H2,1-3H3. The van der Waals surface area contributed by atoms with Crippen molar-refractivity contribution in [1.29, 1.82) is 0 Å². The van der Waals surface area contributed by atoms with Gasteiger partial charge in [0.15, 0.2) is 0 Å². The molecule has 0 fully saturated rings. The van der Waals surface area contributed by atoms with Crippen molar-refractivity contribution in [3.05, 3.63) is 24.0 Å². The maximum absolute atomic E-state index is 12.3. The molecular weight excluding hydrogens is 254 g/mol. The molecule has 1 aromatic rings. The van der Waals surface area contributed by atoms with Gasteiger partial charge in [0.25, 0.3) is 5.91 Å². The zero-order chi connectivity index (χ0) is 15.0. The van der Waals surface area contributed by atoms with Crippen molar-refractivity contribution < 1.29 is 9.90 Å². The molecule has 0 unspecified atom stereocenters. The van der Waals surface area contributed by atoms with Gasteiger partial charge >= 0.3 is 0 Å². The van der Waals surface area contributed by atoms with Gasteiger partial charge in [-0.05, 0) is 39.0 Å². The molecule has 0 aliphatic carbocycles. The molecule has 20 heavy (non-hydrogen) atoms. The second kappa shape index (κ2) is 8.53. The fraction of sp³-hybridized carbons (Fsp3) is 0.600. The van der Waals surface area contributed by atoms with Crippen LogP contribution in [0.1, 0.15) is 37.6 Å². The number of pyridine rings is 1. The Morgan fingerprint density at radius 1 is 1.20 bits per heavy atom. The van der Waals surface area contributed by atoms with Gasteiger partial charge < -0.3 is 14.9 Å². The second-order valence-electron chi connectivity index (χ2n) is 4.66. The minimum absolute atomic E-state index is 0.0558. The van der Waals surface area contributed by atoms with Gasteiger partial charge in [-0.1, -0.05) is 13.8 Å². The van der Waals surface area contributed by atoms with E-state index in [2.05, 4.69) is 23.7 Å². The maximum atomic E-state index is 12.3. The van der Waals surface area contributed by atoms with Crippen molar-refractivity contribution in [2.24, 2.45) is 0 Å². The maximum Gasteiger partial charge on any atom is 0.257 e. The number of nitrogens with zero attached hydrogens (tertiary/aromatic N) is 3. The first kappa shape index (κ1) is 16.4. The van der Waals surface area contributed by atoms with Gasteiger partial charge in [0.1, 0.15) is 5.75 Å². The summed E-state index contributed by atoms with van der Waals surface area (Å²) in [7, 11) is 0. The van der Waals surface area contributed by atoms with E-state index in [1.807, 2.05) is 6.92 Å². The number of aromatic hydroxyl groups is 1. The summed E-state index contributed by atoms with van der Waals surface area (Å²) in [5.41, 5.74) is 0.324. The van der Waals surface area contributed by atoms with Crippen molar-refractivity contribution in [1.82, 2.24) is 14.8 Å². The van der Waals surface area contributed by atoms with E-state index >= 15 is 0 Å². The Morgan fingerprint density at radius 2 is 1.90 bits per heavy atom. The van der Waals surface area contributed by atoms with E-state index in [1.165, 1.54) is 12.4 Å². The summed E-state index contributed by atoms with van der Waals surface area (Å²) in [4.78, 5) is 20.2. The number of carbonyl (C=O) groups is 1. The van der Waals surface area contributed by atoms with Crippen LogP contribution in [0.2, 0.25) is 0 Å². The topological polar surface area (TPSA) is 56.7 Å².